The minimum absolute atomic E-state index is 0.159. The average molecular weight is 654 g/mol. The molecule has 5 amide bonds. The highest BCUT2D eigenvalue weighted by molar-refractivity contribution is 6.30. The molecule has 1 fully saturated rings. The second kappa shape index (κ2) is 14.4. The summed E-state index contributed by atoms with van der Waals surface area (Å²) in [5.74, 6) is -1.33. The zero-order chi connectivity index (χ0) is 33.0. The van der Waals surface area contributed by atoms with Crippen LogP contribution in [0, 0.1) is 5.92 Å². The van der Waals surface area contributed by atoms with Gasteiger partial charge < -0.3 is 35.2 Å². The molecule has 4 aliphatic rings. The molecule has 246 valence electrons. The molecule has 6 rings (SSSR count). The zero-order valence-corrected chi connectivity index (χ0v) is 27.0. The van der Waals surface area contributed by atoms with E-state index in [1.807, 2.05) is 13.8 Å². The summed E-state index contributed by atoms with van der Waals surface area (Å²) in [5.41, 5.74) is 1.49. The number of rotatable bonds is 2. The summed E-state index contributed by atoms with van der Waals surface area (Å²) in [5, 5.41) is 8.88. The molecular formula is C33H40ClN5O7. The van der Waals surface area contributed by atoms with Gasteiger partial charge in [-0.25, -0.2) is 0 Å². The summed E-state index contributed by atoms with van der Waals surface area (Å²) in [6, 6.07) is 8.52. The predicted octanol–water partition coefficient (Wildman–Crippen LogP) is 1.82. The van der Waals surface area contributed by atoms with Crippen LogP contribution in [0.15, 0.2) is 42.5 Å². The van der Waals surface area contributed by atoms with Gasteiger partial charge in [0.15, 0.2) is 6.61 Å². The Morgan fingerprint density at radius 3 is 2.46 bits per heavy atom. The van der Waals surface area contributed by atoms with Crippen molar-refractivity contribution >= 4 is 41.1 Å². The standard InChI is InChI=1S/C33H40ClN5O7/c1-19(2)29-33(44)39-12-4-5-26(39)31(42)35-20(3)30(41)36-25(15-21-6-9-24(10-7-21)46-18-28(40)37-29)32(43)38-13-14-45-27-11-8-23(34)16-22(27)17-38/h6-11,16,19-20,25-26,29H,4-5,12-15,17-18H2,1-3H3,(H,35,42)(H,36,41)(H,37,40)/t20-,25-,26+,29-/m0/s1. The third-order valence-electron chi connectivity index (χ3n) is 8.50. The molecule has 3 N–H and O–H groups in total. The van der Waals surface area contributed by atoms with E-state index in [0.717, 1.165) is 11.1 Å². The Morgan fingerprint density at radius 1 is 0.957 bits per heavy atom. The lowest BCUT2D eigenvalue weighted by Gasteiger charge is -2.31. The van der Waals surface area contributed by atoms with E-state index in [1.165, 1.54) is 4.90 Å². The molecule has 1 saturated heterocycles. The summed E-state index contributed by atoms with van der Waals surface area (Å²) < 4.78 is 11.5. The van der Waals surface area contributed by atoms with Crippen molar-refractivity contribution in [1.82, 2.24) is 25.8 Å². The van der Waals surface area contributed by atoms with Crippen molar-refractivity contribution < 1.29 is 33.4 Å². The molecule has 2 aromatic rings. The Balaban J connectivity index is 1.41. The molecule has 2 bridgehead atoms. The van der Waals surface area contributed by atoms with Crippen molar-refractivity contribution in [2.75, 3.05) is 26.3 Å². The first-order valence-corrected chi connectivity index (χ1v) is 16.0. The first-order valence-electron chi connectivity index (χ1n) is 15.6. The Morgan fingerprint density at radius 2 is 1.72 bits per heavy atom. The SMILES string of the molecule is CC(C)[C@@H]1NC(=O)COc2ccc(cc2)C[C@@H](C(=O)N2CCOc3ccc(Cl)cc3C2)NC(=O)[C@H](C)NC(=O)[C@H]2CCCN2C1=O. The lowest BCUT2D eigenvalue weighted by Crippen LogP contribution is -2.58. The van der Waals surface area contributed by atoms with Crippen LogP contribution in [0.5, 0.6) is 11.5 Å². The fourth-order valence-electron chi connectivity index (χ4n) is 5.96. The van der Waals surface area contributed by atoms with Crippen LogP contribution in [-0.4, -0.2) is 89.8 Å². The Bertz CT molecular complexity index is 1480. The topological polar surface area (TPSA) is 146 Å². The quantitative estimate of drug-likeness (QED) is 0.448. The van der Waals surface area contributed by atoms with Gasteiger partial charge in [0, 0.05) is 30.1 Å². The highest BCUT2D eigenvalue weighted by Crippen LogP contribution is 2.27. The van der Waals surface area contributed by atoms with Gasteiger partial charge in [-0.2, -0.15) is 0 Å². The van der Waals surface area contributed by atoms with E-state index < -0.39 is 41.9 Å². The van der Waals surface area contributed by atoms with Crippen LogP contribution in [-0.2, 0) is 36.9 Å². The molecule has 0 unspecified atom stereocenters. The van der Waals surface area contributed by atoms with Crippen molar-refractivity contribution in [1.29, 1.82) is 0 Å². The number of nitrogens with zero attached hydrogens (tertiary/aromatic N) is 2. The van der Waals surface area contributed by atoms with Crippen LogP contribution >= 0.6 is 11.6 Å². The van der Waals surface area contributed by atoms with Crippen LogP contribution < -0.4 is 25.4 Å². The number of carbonyl (C=O) groups excluding carboxylic acids is 5. The third-order valence-corrected chi connectivity index (χ3v) is 8.74. The predicted molar refractivity (Wildman–Crippen MR) is 169 cm³/mol. The molecule has 4 heterocycles. The van der Waals surface area contributed by atoms with Crippen molar-refractivity contribution in [3.63, 3.8) is 0 Å². The van der Waals surface area contributed by atoms with E-state index in [-0.39, 0.29) is 43.9 Å². The van der Waals surface area contributed by atoms with Gasteiger partial charge in [0.2, 0.25) is 23.6 Å². The highest BCUT2D eigenvalue weighted by atomic mass is 35.5. The molecular weight excluding hydrogens is 614 g/mol. The molecule has 2 aromatic carbocycles. The largest absolute Gasteiger partial charge is 0.491 e. The molecule has 4 aliphatic heterocycles. The average Bonchev–Trinajstić information content (AvgIpc) is 3.43. The fourth-order valence-corrected chi connectivity index (χ4v) is 6.15. The number of amides is 5. The number of hydrogen-bond acceptors (Lipinski definition) is 7. The van der Waals surface area contributed by atoms with Crippen molar-refractivity contribution in [3.05, 3.63) is 58.6 Å². The lowest BCUT2D eigenvalue weighted by molar-refractivity contribution is -0.143. The molecule has 0 aliphatic carbocycles. The highest BCUT2D eigenvalue weighted by Gasteiger charge is 2.40. The maximum atomic E-state index is 14.0. The number of nitrogens with one attached hydrogen (secondary N) is 3. The Kier molecular flexibility index (Phi) is 10.4. The van der Waals surface area contributed by atoms with E-state index in [1.54, 1.807) is 54.3 Å². The van der Waals surface area contributed by atoms with Gasteiger partial charge in [0.05, 0.1) is 6.54 Å². The zero-order valence-electron chi connectivity index (χ0n) is 26.2. The van der Waals surface area contributed by atoms with Crippen LogP contribution in [0.2, 0.25) is 5.02 Å². The van der Waals surface area contributed by atoms with E-state index in [0.29, 0.717) is 42.5 Å². The van der Waals surface area contributed by atoms with Gasteiger partial charge in [0.25, 0.3) is 5.91 Å². The summed E-state index contributed by atoms with van der Waals surface area (Å²) >= 11 is 6.22. The molecule has 4 atom stereocenters. The lowest BCUT2D eigenvalue weighted by atomic mass is 10.0. The monoisotopic (exact) mass is 653 g/mol. The Hall–Kier alpha value is -4.32. The normalized spacial score (nSPS) is 24.6. The summed E-state index contributed by atoms with van der Waals surface area (Å²) in [7, 11) is 0. The number of fused-ring (bicyclic) bond motifs is 14. The molecule has 0 radical (unpaired) electrons. The number of halogens is 1. The molecule has 12 nitrogen and oxygen atoms in total. The van der Waals surface area contributed by atoms with Gasteiger partial charge in [-0.05, 0) is 61.6 Å². The van der Waals surface area contributed by atoms with Crippen LogP contribution in [0.4, 0.5) is 0 Å². The van der Waals surface area contributed by atoms with Crippen LogP contribution in [0.3, 0.4) is 0 Å². The number of benzene rings is 2. The smallest absolute Gasteiger partial charge is 0.258 e. The van der Waals surface area contributed by atoms with E-state index in [2.05, 4.69) is 16.0 Å². The Labute approximate surface area is 273 Å². The van der Waals surface area contributed by atoms with Crippen LogP contribution in [0.25, 0.3) is 0 Å². The van der Waals surface area contributed by atoms with Gasteiger partial charge in [-0.1, -0.05) is 37.6 Å². The maximum absolute atomic E-state index is 14.0. The van der Waals surface area contributed by atoms with E-state index in [4.69, 9.17) is 21.1 Å². The van der Waals surface area contributed by atoms with Gasteiger partial charge in [-0.3, -0.25) is 24.0 Å². The summed E-state index contributed by atoms with van der Waals surface area (Å²) in [6.07, 6.45) is 1.18. The number of carbonyl (C=O) groups is 5. The second-order valence-corrected chi connectivity index (χ2v) is 12.7. The molecule has 0 aromatic heterocycles. The van der Waals surface area contributed by atoms with Gasteiger partial charge in [0.1, 0.15) is 42.3 Å². The van der Waals surface area contributed by atoms with Gasteiger partial charge >= 0.3 is 0 Å². The third kappa shape index (κ3) is 7.72. The van der Waals surface area contributed by atoms with E-state index in [9.17, 15) is 24.0 Å². The number of hydrogen-bond donors (Lipinski definition) is 3. The maximum Gasteiger partial charge on any atom is 0.258 e. The van der Waals surface area contributed by atoms with Crippen molar-refractivity contribution in [2.45, 2.75) is 70.7 Å². The number of ether oxygens (including phenoxy) is 2. The minimum atomic E-state index is -0.995. The van der Waals surface area contributed by atoms with Crippen LogP contribution in [0.1, 0.15) is 44.7 Å². The van der Waals surface area contributed by atoms with Crippen molar-refractivity contribution in [3.8, 4) is 11.5 Å². The first-order chi connectivity index (χ1) is 22.0. The molecule has 0 spiro atoms. The summed E-state index contributed by atoms with van der Waals surface area (Å²) in [6.45, 7) is 6.02. The van der Waals surface area contributed by atoms with Crippen molar-refractivity contribution in [2.24, 2.45) is 5.92 Å². The van der Waals surface area contributed by atoms with E-state index >= 15 is 0 Å². The first kappa shape index (κ1) is 33.1. The minimum Gasteiger partial charge on any atom is -0.491 e. The fraction of sp³-hybridized carbons (Fsp3) is 0.485. The molecule has 13 heteroatoms. The summed E-state index contributed by atoms with van der Waals surface area (Å²) in [4.78, 5) is 70.4. The van der Waals surface area contributed by atoms with Gasteiger partial charge in [-0.15, -0.1) is 0 Å². The molecule has 46 heavy (non-hydrogen) atoms. The second-order valence-electron chi connectivity index (χ2n) is 12.3. The molecule has 0 saturated carbocycles.